The van der Waals surface area contributed by atoms with Crippen LogP contribution >= 0.6 is 0 Å². The van der Waals surface area contributed by atoms with E-state index in [1.807, 2.05) is 12.2 Å². The molecule has 1 N–H and O–H groups in total. The van der Waals surface area contributed by atoms with Crippen molar-refractivity contribution in [2.45, 2.75) is 23.0 Å². The number of halogens is 2. The predicted octanol–water partition coefficient (Wildman–Crippen LogP) is 3.97. The van der Waals surface area contributed by atoms with Crippen molar-refractivity contribution in [1.82, 2.24) is 10.2 Å². The molecule has 0 amide bonds. The second-order valence-corrected chi connectivity index (χ2v) is 9.99. The van der Waals surface area contributed by atoms with Gasteiger partial charge >= 0.3 is 0 Å². The molecule has 0 unspecified atom stereocenters. The van der Waals surface area contributed by atoms with Gasteiger partial charge in [0.15, 0.2) is 21.5 Å². The average Bonchev–Trinajstić information content (AvgIpc) is 3.22. The molecule has 32 heavy (non-hydrogen) atoms. The maximum absolute atomic E-state index is 14.2. The van der Waals surface area contributed by atoms with E-state index in [9.17, 15) is 17.2 Å². The zero-order valence-electron chi connectivity index (χ0n) is 17.3. The number of hydrogen-bond acceptors (Lipinski definition) is 6. The minimum Gasteiger partial charge on any atom is -0.495 e. The van der Waals surface area contributed by atoms with E-state index in [4.69, 9.17) is 9.47 Å². The zero-order valence-corrected chi connectivity index (χ0v) is 18.1. The first-order valence-corrected chi connectivity index (χ1v) is 11.8. The highest BCUT2D eigenvalue weighted by molar-refractivity contribution is 7.92. The summed E-state index contributed by atoms with van der Waals surface area (Å²) in [6.07, 6.45) is 4.53. The number of fused-ring (bicyclic) bond motifs is 2. The highest BCUT2D eigenvalue weighted by Gasteiger charge is 2.33. The lowest BCUT2D eigenvalue weighted by Gasteiger charge is -2.29. The van der Waals surface area contributed by atoms with E-state index in [0.717, 1.165) is 6.07 Å². The summed E-state index contributed by atoms with van der Waals surface area (Å²) in [5, 5.41) is 6.59. The summed E-state index contributed by atoms with van der Waals surface area (Å²) in [7, 11) is -2.21. The minimum absolute atomic E-state index is 0.100. The van der Waals surface area contributed by atoms with Crippen LogP contribution in [0.1, 0.15) is 18.4 Å². The van der Waals surface area contributed by atoms with E-state index >= 15 is 0 Å². The molecular weight excluding hydrogens is 440 g/mol. The molecule has 10 heteroatoms. The molecule has 2 aromatic carbocycles. The average molecular weight is 461 g/mol. The lowest BCUT2D eigenvalue weighted by Crippen LogP contribution is -2.29. The molecule has 0 aliphatic carbocycles. The highest BCUT2D eigenvalue weighted by Crippen LogP contribution is 2.41. The van der Waals surface area contributed by atoms with Gasteiger partial charge in [0.2, 0.25) is 0 Å². The van der Waals surface area contributed by atoms with Gasteiger partial charge in [0, 0.05) is 31.9 Å². The molecule has 2 aliphatic heterocycles. The number of rotatable bonds is 4. The van der Waals surface area contributed by atoms with E-state index in [1.165, 1.54) is 13.2 Å². The number of aromatic nitrogens is 2. The largest absolute Gasteiger partial charge is 0.495 e. The number of hydrogen-bond donors (Lipinski definition) is 1. The number of sulfone groups is 1. The van der Waals surface area contributed by atoms with Crippen molar-refractivity contribution in [3.05, 3.63) is 47.5 Å². The fourth-order valence-electron chi connectivity index (χ4n) is 4.30. The topological polar surface area (TPSA) is 84.5 Å². The molecule has 7 nitrogen and oxygen atoms in total. The molecule has 0 spiro atoms. The molecule has 1 saturated heterocycles. The van der Waals surface area contributed by atoms with Gasteiger partial charge in [-0.15, -0.1) is 0 Å². The van der Waals surface area contributed by atoms with Crippen LogP contribution in [0.4, 0.5) is 20.3 Å². The quantitative estimate of drug-likeness (QED) is 0.633. The summed E-state index contributed by atoms with van der Waals surface area (Å²) in [4.78, 5) is 1.89. The monoisotopic (exact) mass is 461 g/mol. The first kappa shape index (κ1) is 20.9. The van der Waals surface area contributed by atoms with Gasteiger partial charge in [-0.2, -0.15) is 5.10 Å². The number of nitrogens with zero attached hydrogens (tertiary/aromatic N) is 2. The molecule has 0 saturated carbocycles. The Morgan fingerprint density at radius 1 is 1.19 bits per heavy atom. The molecule has 3 aromatic rings. The number of benzene rings is 2. The Labute approximate surface area is 183 Å². The van der Waals surface area contributed by atoms with Crippen molar-refractivity contribution >= 4 is 38.3 Å². The van der Waals surface area contributed by atoms with Crippen LogP contribution in [-0.2, 0) is 14.6 Å². The highest BCUT2D eigenvalue weighted by atomic mass is 32.2. The standard InChI is InChI=1S/C22H21F2N3O4S/c1-30-19-12-18-13(9-20(19)32(28,29)15-4-7-31-8-5-15)3-2-6-27(18)22-16-10-14(23)11-17(24)21(16)25-26-22/h2-3,9-12,15H,4-8H2,1H3,(H,25,26). The third-order valence-electron chi connectivity index (χ3n) is 5.93. The molecule has 1 fully saturated rings. The SMILES string of the molecule is COc1cc2c(cc1S(=O)(=O)C1CCOCC1)C=CCN2c1n[nH]c2c(F)cc(F)cc12. The Morgan fingerprint density at radius 3 is 2.72 bits per heavy atom. The Hall–Kier alpha value is -2.98. The summed E-state index contributed by atoms with van der Waals surface area (Å²) >= 11 is 0. The van der Waals surface area contributed by atoms with Crippen molar-refractivity contribution in [1.29, 1.82) is 0 Å². The second kappa shape index (κ2) is 7.86. The Bertz CT molecular complexity index is 1330. The predicted molar refractivity (Wildman–Crippen MR) is 116 cm³/mol. The molecule has 168 valence electrons. The summed E-state index contributed by atoms with van der Waals surface area (Å²) in [6, 6.07) is 5.25. The van der Waals surface area contributed by atoms with Crippen LogP contribution < -0.4 is 9.64 Å². The minimum atomic E-state index is -3.63. The van der Waals surface area contributed by atoms with Gasteiger partial charge in [0.05, 0.1) is 23.4 Å². The van der Waals surface area contributed by atoms with E-state index < -0.39 is 26.7 Å². The van der Waals surface area contributed by atoms with E-state index in [2.05, 4.69) is 10.2 Å². The third-order valence-corrected chi connectivity index (χ3v) is 8.21. The first-order valence-electron chi connectivity index (χ1n) is 10.2. The Morgan fingerprint density at radius 2 is 1.97 bits per heavy atom. The van der Waals surface area contributed by atoms with Gasteiger partial charge in [0.1, 0.15) is 22.0 Å². The number of ether oxygens (including phenoxy) is 2. The van der Waals surface area contributed by atoms with Crippen molar-refractivity contribution in [2.24, 2.45) is 0 Å². The lowest BCUT2D eigenvalue weighted by molar-refractivity contribution is 0.0983. The van der Waals surface area contributed by atoms with Crippen molar-refractivity contribution in [3.8, 4) is 5.75 Å². The number of anilines is 2. The van der Waals surface area contributed by atoms with Gasteiger partial charge in [-0.3, -0.25) is 5.10 Å². The first-order chi connectivity index (χ1) is 15.4. The summed E-state index contributed by atoms with van der Waals surface area (Å²) < 4.78 is 65.5. The molecular formula is C22H21F2N3O4S. The van der Waals surface area contributed by atoms with E-state index in [1.54, 1.807) is 17.0 Å². The Balaban J connectivity index is 1.63. The fraction of sp³-hybridized carbons (Fsp3) is 0.318. The fourth-order valence-corrected chi connectivity index (χ4v) is 6.19. The summed E-state index contributed by atoms with van der Waals surface area (Å²) in [5.41, 5.74) is 1.38. The normalized spacial score (nSPS) is 17.0. The third kappa shape index (κ3) is 3.34. The van der Waals surface area contributed by atoms with E-state index in [-0.39, 0.29) is 16.2 Å². The van der Waals surface area contributed by atoms with Crippen molar-refractivity contribution in [3.63, 3.8) is 0 Å². The number of methoxy groups -OCH3 is 1. The number of aromatic amines is 1. The van der Waals surface area contributed by atoms with Crippen LogP contribution in [0.5, 0.6) is 5.75 Å². The van der Waals surface area contributed by atoms with Crippen LogP contribution in [0.3, 0.4) is 0 Å². The van der Waals surface area contributed by atoms with Gasteiger partial charge in [0.25, 0.3) is 0 Å². The maximum Gasteiger partial charge on any atom is 0.185 e. The Kier molecular flexibility index (Phi) is 5.13. The second-order valence-electron chi connectivity index (χ2n) is 7.79. The van der Waals surface area contributed by atoms with Crippen LogP contribution in [0.2, 0.25) is 0 Å². The zero-order chi connectivity index (χ0) is 22.5. The van der Waals surface area contributed by atoms with E-state index in [0.29, 0.717) is 55.1 Å². The molecule has 0 atom stereocenters. The smallest absolute Gasteiger partial charge is 0.185 e. The molecule has 2 aliphatic rings. The van der Waals surface area contributed by atoms with Crippen LogP contribution in [0.15, 0.2) is 35.2 Å². The molecule has 3 heterocycles. The summed E-state index contributed by atoms with van der Waals surface area (Å²) in [5.74, 6) is -0.887. The van der Waals surface area contributed by atoms with Gasteiger partial charge in [-0.25, -0.2) is 17.2 Å². The van der Waals surface area contributed by atoms with Crippen LogP contribution in [0.25, 0.3) is 17.0 Å². The lowest BCUT2D eigenvalue weighted by atomic mass is 10.1. The van der Waals surface area contributed by atoms with Gasteiger partial charge in [-0.05, 0) is 30.5 Å². The van der Waals surface area contributed by atoms with Crippen molar-refractivity contribution < 1.29 is 26.7 Å². The van der Waals surface area contributed by atoms with Crippen LogP contribution in [-0.4, -0.2) is 50.7 Å². The molecule has 0 radical (unpaired) electrons. The van der Waals surface area contributed by atoms with Crippen molar-refractivity contribution in [2.75, 3.05) is 31.8 Å². The number of nitrogens with one attached hydrogen (secondary N) is 1. The maximum atomic E-state index is 14.2. The van der Waals surface area contributed by atoms with Gasteiger partial charge < -0.3 is 14.4 Å². The summed E-state index contributed by atoms with van der Waals surface area (Å²) in [6.45, 7) is 1.20. The number of H-pyrrole nitrogens is 1. The van der Waals surface area contributed by atoms with Crippen LogP contribution in [0, 0.1) is 11.6 Å². The molecule has 0 bridgehead atoms. The molecule has 5 rings (SSSR count). The molecule has 1 aromatic heterocycles. The van der Waals surface area contributed by atoms with Gasteiger partial charge in [-0.1, -0.05) is 12.2 Å².